The van der Waals surface area contributed by atoms with Crippen LogP contribution in [0.25, 0.3) is 0 Å². The topological polar surface area (TPSA) is 15.3 Å². The van der Waals surface area contributed by atoms with Crippen molar-refractivity contribution in [2.45, 2.75) is 30.4 Å². The van der Waals surface area contributed by atoms with Gasteiger partial charge in [-0.3, -0.25) is 4.90 Å². The molecule has 0 aromatic heterocycles. The predicted molar refractivity (Wildman–Crippen MR) is 80.4 cm³/mol. The summed E-state index contributed by atoms with van der Waals surface area (Å²) in [4.78, 5) is 3.95. The summed E-state index contributed by atoms with van der Waals surface area (Å²) in [5.74, 6) is 0. The molecule has 0 bridgehead atoms. The van der Waals surface area contributed by atoms with Gasteiger partial charge < -0.3 is 5.32 Å². The molecular formula is C15H24N2S. The first kappa shape index (κ1) is 13.9. The summed E-state index contributed by atoms with van der Waals surface area (Å²) < 4.78 is 0.269. The van der Waals surface area contributed by atoms with Gasteiger partial charge in [0.05, 0.1) is 0 Å². The molecule has 18 heavy (non-hydrogen) atoms. The maximum Gasteiger partial charge on any atom is 0.0277 e. The van der Waals surface area contributed by atoms with Crippen molar-refractivity contribution in [2.24, 2.45) is 0 Å². The predicted octanol–water partition coefficient (Wildman–Crippen LogP) is 2.77. The van der Waals surface area contributed by atoms with Gasteiger partial charge in [0.15, 0.2) is 0 Å². The average molecular weight is 264 g/mol. The molecule has 1 aliphatic heterocycles. The van der Waals surface area contributed by atoms with Crippen LogP contribution >= 0.6 is 11.8 Å². The molecule has 1 saturated heterocycles. The number of rotatable bonds is 4. The number of nitrogens with zero attached hydrogens (tertiary/aromatic N) is 1. The molecule has 1 heterocycles. The van der Waals surface area contributed by atoms with E-state index in [0.29, 0.717) is 0 Å². The highest BCUT2D eigenvalue weighted by atomic mass is 32.2. The normalized spacial score (nSPS) is 17.9. The Kier molecular flexibility index (Phi) is 4.71. The van der Waals surface area contributed by atoms with Crippen LogP contribution in [0.4, 0.5) is 0 Å². The summed E-state index contributed by atoms with van der Waals surface area (Å²) in [6, 6.07) is 8.81. The highest BCUT2D eigenvalue weighted by molar-refractivity contribution is 8.00. The van der Waals surface area contributed by atoms with E-state index in [0.717, 1.165) is 19.6 Å². The van der Waals surface area contributed by atoms with Gasteiger partial charge in [0, 0.05) is 42.4 Å². The zero-order chi connectivity index (χ0) is 13.0. The fourth-order valence-corrected chi connectivity index (χ4v) is 3.71. The molecule has 0 unspecified atom stereocenters. The van der Waals surface area contributed by atoms with Gasteiger partial charge in [-0.2, -0.15) is 0 Å². The number of piperazine rings is 1. The van der Waals surface area contributed by atoms with Gasteiger partial charge in [0.1, 0.15) is 0 Å². The molecule has 1 aliphatic rings. The molecule has 1 aromatic rings. The van der Waals surface area contributed by atoms with Crippen LogP contribution in [-0.4, -0.2) is 42.4 Å². The van der Waals surface area contributed by atoms with E-state index in [2.05, 4.69) is 55.3 Å². The third-order valence-corrected chi connectivity index (χ3v) is 4.37. The van der Waals surface area contributed by atoms with Crippen molar-refractivity contribution in [3.05, 3.63) is 29.8 Å². The van der Waals surface area contributed by atoms with Crippen molar-refractivity contribution < 1.29 is 0 Å². The molecular weight excluding hydrogens is 240 g/mol. The number of hydrogen-bond acceptors (Lipinski definition) is 3. The summed E-state index contributed by atoms with van der Waals surface area (Å²) in [6.07, 6.45) is 0. The lowest BCUT2D eigenvalue weighted by Crippen LogP contribution is -2.47. The second kappa shape index (κ2) is 6.09. The summed E-state index contributed by atoms with van der Waals surface area (Å²) >= 11 is 1.99. The van der Waals surface area contributed by atoms with Crippen LogP contribution < -0.4 is 5.32 Å². The maximum absolute atomic E-state index is 3.41. The minimum atomic E-state index is 0.269. The van der Waals surface area contributed by atoms with E-state index in [1.165, 1.54) is 23.5 Å². The fraction of sp³-hybridized carbons (Fsp3) is 0.600. The Labute approximate surface area is 115 Å². The smallest absolute Gasteiger partial charge is 0.0277 e. The Balaban J connectivity index is 1.93. The number of nitrogens with one attached hydrogen (secondary N) is 1. The SMILES string of the molecule is Cc1cccc(SC(C)(C)CN2CCNCC2)c1. The van der Waals surface area contributed by atoms with Gasteiger partial charge in [-0.05, 0) is 32.9 Å². The first-order valence-corrected chi connectivity index (χ1v) is 7.56. The van der Waals surface area contributed by atoms with Crippen LogP contribution in [0, 0.1) is 6.92 Å². The summed E-state index contributed by atoms with van der Waals surface area (Å²) in [6.45, 7) is 12.6. The lowest BCUT2D eigenvalue weighted by molar-refractivity contribution is 0.226. The third-order valence-electron chi connectivity index (χ3n) is 3.20. The van der Waals surface area contributed by atoms with Gasteiger partial charge in [0.2, 0.25) is 0 Å². The average Bonchev–Trinajstić information content (AvgIpc) is 2.28. The molecule has 1 N–H and O–H groups in total. The maximum atomic E-state index is 3.41. The van der Waals surface area contributed by atoms with Gasteiger partial charge in [-0.25, -0.2) is 0 Å². The molecule has 0 atom stereocenters. The fourth-order valence-electron chi connectivity index (χ4n) is 2.44. The Morgan fingerprint density at radius 1 is 1.28 bits per heavy atom. The van der Waals surface area contributed by atoms with Crippen LogP contribution in [-0.2, 0) is 0 Å². The van der Waals surface area contributed by atoms with Gasteiger partial charge in [-0.1, -0.05) is 17.7 Å². The zero-order valence-electron chi connectivity index (χ0n) is 11.7. The number of aryl methyl sites for hydroxylation is 1. The quantitative estimate of drug-likeness (QED) is 0.842. The second-order valence-corrected chi connectivity index (χ2v) is 7.49. The molecule has 3 heteroatoms. The van der Waals surface area contributed by atoms with Crippen molar-refractivity contribution in [3.8, 4) is 0 Å². The first-order valence-electron chi connectivity index (χ1n) is 6.74. The number of thioether (sulfide) groups is 1. The molecule has 1 aromatic carbocycles. The van der Waals surface area contributed by atoms with Gasteiger partial charge in [0.25, 0.3) is 0 Å². The van der Waals surface area contributed by atoms with Crippen LogP contribution in [0.5, 0.6) is 0 Å². The minimum absolute atomic E-state index is 0.269. The van der Waals surface area contributed by atoms with Crippen LogP contribution in [0.1, 0.15) is 19.4 Å². The molecule has 2 nitrogen and oxygen atoms in total. The Morgan fingerprint density at radius 3 is 2.67 bits per heavy atom. The van der Waals surface area contributed by atoms with E-state index in [4.69, 9.17) is 0 Å². The third kappa shape index (κ3) is 4.30. The Hall–Kier alpha value is -0.510. The zero-order valence-corrected chi connectivity index (χ0v) is 12.5. The van der Waals surface area contributed by atoms with Crippen LogP contribution in [0.2, 0.25) is 0 Å². The summed E-state index contributed by atoms with van der Waals surface area (Å²) in [5, 5.41) is 3.41. The molecule has 0 saturated carbocycles. The Morgan fingerprint density at radius 2 is 2.00 bits per heavy atom. The summed E-state index contributed by atoms with van der Waals surface area (Å²) in [7, 11) is 0. The lowest BCUT2D eigenvalue weighted by atomic mass is 10.2. The van der Waals surface area contributed by atoms with Gasteiger partial charge >= 0.3 is 0 Å². The van der Waals surface area contributed by atoms with Gasteiger partial charge in [-0.15, -0.1) is 11.8 Å². The van der Waals surface area contributed by atoms with Crippen molar-refractivity contribution in [3.63, 3.8) is 0 Å². The largest absolute Gasteiger partial charge is 0.314 e. The first-order chi connectivity index (χ1) is 8.55. The lowest BCUT2D eigenvalue weighted by Gasteiger charge is -2.34. The van der Waals surface area contributed by atoms with Crippen molar-refractivity contribution >= 4 is 11.8 Å². The Bertz CT molecular complexity index is 384. The molecule has 0 radical (unpaired) electrons. The van der Waals surface area contributed by atoms with Crippen molar-refractivity contribution in [1.29, 1.82) is 0 Å². The molecule has 0 spiro atoms. The van der Waals surface area contributed by atoms with Crippen molar-refractivity contribution in [1.82, 2.24) is 10.2 Å². The number of hydrogen-bond donors (Lipinski definition) is 1. The highest BCUT2D eigenvalue weighted by Gasteiger charge is 2.24. The second-order valence-electron chi connectivity index (χ2n) is 5.70. The van der Waals surface area contributed by atoms with E-state index in [-0.39, 0.29) is 4.75 Å². The number of benzene rings is 1. The van der Waals surface area contributed by atoms with Crippen LogP contribution in [0.3, 0.4) is 0 Å². The van der Waals surface area contributed by atoms with E-state index in [1.54, 1.807) is 0 Å². The molecule has 0 aliphatic carbocycles. The summed E-state index contributed by atoms with van der Waals surface area (Å²) in [5.41, 5.74) is 1.35. The molecule has 2 rings (SSSR count). The molecule has 1 fully saturated rings. The standard InChI is InChI=1S/C15H24N2S/c1-13-5-4-6-14(11-13)18-15(2,3)12-17-9-7-16-8-10-17/h4-6,11,16H,7-10,12H2,1-3H3. The molecule has 0 amide bonds. The molecule has 100 valence electrons. The minimum Gasteiger partial charge on any atom is -0.314 e. The van der Waals surface area contributed by atoms with E-state index in [1.807, 2.05) is 11.8 Å². The van der Waals surface area contributed by atoms with E-state index >= 15 is 0 Å². The van der Waals surface area contributed by atoms with E-state index < -0.39 is 0 Å². The monoisotopic (exact) mass is 264 g/mol. The van der Waals surface area contributed by atoms with E-state index in [9.17, 15) is 0 Å². The van der Waals surface area contributed by atoms with Crippen molar-refractivity contribution in [2.75, 3.05) is 32.7 Å². The highest BCUT2D eigenvalue weighted by Crippen LogP contribution is 2.33. The van der Waals surface area contributed by atoms with Crippen LogP contribution in [0.15, 0.2) is 29.2 Å².